The molecule has 1 heterocycles. The highest BCUT2D eigenvalue weighted by Gasteiger charge is 2.16. The molecule has 3 N–H and O–H groups in total. The number of nitrogens with zero attached hydrogens (tertiary/aromatic N) is 2. The van der Waals surface area contributed by atoms with E-state index in [2.05, 4.69) is 21.9 Å². The van der Waals surface area contributed by atoms with E-state index in [1.807, 2.05) is 12.3 Å². The van der Waals surface area contributed by atoms with Gasteiger partial charge in [0.2, 0.25) is 0 Å². The summed E-state index contributed by atoms with van der Waals surface area (Å²) in [7, 11) is 0. The Morgan fingerprint density at radius 3 is 2.84 bits per heavy atom. The van der Waals surface area contributed by atoms with Crippen LogP contribution in [-0.2, 0) is 13.0 Å². The van der Waals surface area contributed by atoms with Gasteiger partial charge < -0.3 is 4.57 Å². The van der Waals surface area contributed by atoms with E-state index in [0.717, 1.165) is 17.9 Å². The van der Waals surface area contributed by atoms with Gasteiger partial charge in [0, 0.05) is 35.4 Å². The maximum absolute atomic E-state index is 6.21. The van der Waals surface area contributed by atoms with Crippen LogP contribution in [0.25, 0.3) is 0 Å². The first-order valence-electron chi connectivity index (χ1n) is 6.06. The normalized spacial score (nSPS) is 12.6. The minimum Gasteiger partial charge on any atom is -0.335 e. The molecule has 1 aromatic heterocycles. The zero-order chi connectivity index (χ0) is 13.8. The lowest BCUT2D eigenvalue weighted by molar-refractivity contribution is 0.523. The molecular formula is C13H16Cl2N4. The Bertz CT molecular complexity index is 553. The summed E-state index contributed by atoms with van der Waals surface area (Å²) in [5, 5.41) is 1.21. The molecule has 2 rings (SSSR count). The second-order valence-corrected chi connectivity index (χ2v) is 5.06. The van der Waals surface area contributed by atoms with E-state index >= 15 is 0 Å². The largest absolute Gasteiger partial charge is 0.335 e. The van der Waals surface area contributed by atoms with E-state index in [-0.39, 0.29) is 6.04 Å². The average molecular weight is 299 g/mol. The summed E-state index contributed by atoms with van der Waals surface area (Å²) in [6.07, 6.45) is 4.40. The van der Waals surface area contributed by atoms with Crippen molar-refractivity contribution in [1.82, 2.24) is 15.0 Å². The fourth-order valence-electron chi connectivity index (χ4n) is 2.04. The molecule has 0 fully saturated rings. The molecule has 0 saturated carbocycles. The van der Waals surface area contributed by atoms with Gasteiger partial charge in [0.05, 0.1) is 6.04 Å². The topological polar surface area (TPSA) is 55.9 Å². The molecule has 0 bridgehead atoms. The molecule has 0 radical (unpaired) electrons. The number of rotatable bonds is 5. The molecule has 102 valence electrons. The van der Waals surface area contributed by atoms with Crippen LogP contribution in [0.3, 0.4) is 0 Å². The van der Waals surface area contributed by atoms with Crippen LogP contribution in [0.1, 0.15) is 24.4 Å². The van der Waals surface area contributed by atoms with Crippen LogP contribution in [0.2, 0.25) is 10.0 Å². The van der Waals surface area contributed by atoms with E-state index in [1.165, 1.54) is 0 Å². The van der Waals surface area contributed by atoms with Crippen molar-refractivity contribution in [2.24, 2.45) is 5.84 Å². The molecule has 0 aliphatic heterocycles. The van der Waals surface area contributed by atoms with Crippen molar-refractivity contribution >= 4 is 23.2 Å². The molecular weight excluding hydrogens is 283 g/mol. The quantitative estimate of drug-likeness (QED) is 0.659. The Hall–Kier alpha value is -1.07. The predicted octanol–water partition coefficient (Wildman–Crippen LogP) is 2.96. The van der Waals surface area contributed by atoms with Crippen molar-refractivity contribution in [3.05, 3.63) is 52.0 Å². The summed E-state index contributed by atoms with van der Waals surface area (Å²) in [6.45, 7) is 2.95. The van der Waals surface area contributed by atoms with E-state index in [9.17, 15) is 0 Å². The fraction of sp³-hybridized carbons (Fsp3) is 0.308. The molecule has 2 aromatic rings. The Balaban J connectivity index is 2.25. The van der Waals surface area contributed by atoms with Gasteiger partial charge in [-0.2, -0.15) is 0 Å². The van der Waals surface area contributed by atoms with Gasteiger partial charge in [-0.3, -0.25) is 11.3 Å². The summed E-state index contributed by atoms with van der Waals surface area (Å²) < 4.78 is 2.08. The first kappa shape index (κ1) is 14.3. The fourth-order valence-corrected chi connectivity index (χ4v) is 2.58. The van der Waals surface area contributed by atoms with Crippen LogP contribution in [0.5, 0.6) is 0 Å². The molecule has 0 aliphatic carbocycles. The Kier molecular flexibility index (Phi) is 4.82. The smallest absolute Gasteiger partial charge is 0.110 e. The Labute approximate surface area is 122 Å². The Morgan fingerprint density at radius 1 is 1.42 bits per heavy atom. The van der Waals surface area contributed by atoms with Crippen LogP contribution < -0.4 is 11.3 Å². The number of benzene rings is 1. The van der Waals surface area contributed by atoms with Gasteiger partial charge in [-0.05, 0) is 24.6 Å². The van der Waals surface area contributed by atoms with Crippen LogP contribution in [-0.4, -0.2) is 9.55 Å². The van der Waals surface area contributed by atoms with Gasteiger partial charge in [-0.25, -0.2) is 4.98 Å². The monoisotopic (exact) mass is 298 g/mol. The maximum atomic E-state index is 6.21. The predicted molar refractivity (Wildman–Crippen MR) is 78.1 cm³/mol. The van der Waals surface area contributed by atoms with Gasteiger partial charge >= 0.3 is 0 Å². The molecule has 1 atom stereocenters. The minimum atomic E-state index is -0.0996. The number of aryl methyl sites for hydroxylation is 1. The van der Waals surface area contributed by atoms with Crippen LogP contribution in [0, 0.1) is 0 Å². The summed E-state index contributed by atoms with van der Waals surface area (Å²) >= 11 is 12.1. The average Bonchev–Trinajstić information content (AvgIpc) is 2.84. The molecule has 19 heavy (non-hydrogen) atoms. The van der Waals surface area contributed by atoms with E-state index < -0.39 is 0 Å². The zero-order valence-corrected chi connectivity index (χ0v) is 12.1. The number of hydrogen-bond donors (Lipinski definition) is 2. The van der Waals surface area contributed by atoms with Crippen molar-refractivity contribution in [2.45, 2.75) is 25.9 Å². The third-order valence-corrected chi connectivity index (χ3v) is 3.63. The highest BCUT2D eigenvalue weighted by atomic mass is 35.5. The van der Waals surface area contributed by atoms with E-state index in [0.29, 0.717) is 16.5 Å². The number of nitrogens with two attached hydrogens (primary N) is 1. The number of imidazole rings is 1. The van der Waals surface area contributed by atoms with Crippen molar-refractivity contribution < 1.29 is 0 Å². The van der Waals surface area contributed by atoms with Gasteiger partial charge in [0.25, 0.3) is 0 Å². The maximum Gasteiger partial charge on any atom is 0.110 e. The summed E-state index contributed by atoms with van der Waals surface area (Å²) in [6, 6.07) is 5.31. The molecule has 1 aromatic carbocycles. The molecule has 0 amide bonds. The van der Waals surface area contributed by atoms with Gasteiger partial charge in [0.1, 0.15) is 5.82 Å². The second kappa shape index (κ2) is 6.39. The summed E-state index contributed by atoms with van der Waals surface area (Å²) in [5.41, 5.74) is 3.70. The molecule has 4 nitrogen and oxygen atoms in total. The SMILES string of the molecule is CCn1ccnc1CC(NN)c1ccc(Cl)cc1Cl. The van der Waals surface area contributed by atoms with Crippen LogP contribution in [0.4, 0.5) is 0 Å². The standard InChI is InChI=1S/C13H16Cl2N4/c1-2-19-6-5-17-13(19)8-12(18-16)10-4-3-9(14)7-11(10)15/h3-7,12,18H,2,8,16H2,1H3. The van der Waals surface area contributed by atoms with Gasteiger partial charge in [0.15, 0.2) is 0 Å². The second-order valence-electron chi connectivity index (χ2n) is 4.22. The highest BCUT2D eigenvalue weighted by Crippen LogP contribution is 2.27. The third kappa shape index (κ3) is 3.28. The van der Waals surface area contributed by atoms with Crippen molar-refractivity contribution in [1.29, 1.82) is 0 Å². The lowest BCUT2D eigenvalue weighted by Gasteiger charge is -2.18. The highest BCUT2D eigenvalue weighted by molar-refractivity contribution is 6.35. The molecule has 1 unspecified atom stereocenters. The molecule has 6 heteroatoms. The lowest BCUT2D eigenvalue weighted by atomic mass is 10.0. The van der Waals surface area contributed by atoms with Crippen molar-refractivity contribution in [3.63, 3.8) is 0 Å². The van der Waals surface area contributed by atoms with E-state index in [4.69, 9.17) is 29.0 Å². The third-order valence-electron chi connectivity index (χ3n) is 3.07. The minimum absolute atomic E-state index is 0.0996. The van der Waals surface area contributed by atoms with Crippen LogP contribution >= 0.6 is 23.2 Å². The number of hydrogen-bond acceptors (Lipinski definition) is 3. The number of nitrogens with one attached hydrogen (secondary N) is 1. The van der Waals surface area contributed by atoms with Crippen molar-refractivity contribution in [3.8, 4) is 0 Å². The van der Waals surface area contributed by atoms with E-state index in [1.54, 1.807) is 18.3 Å². The van der Waals surface area contributed by atoms with Gasteiger partial charge in [-0.15, -0.1) is 0 Å². The zero-order valence-electron chi connectivity index (χ0n) is 10.6. The Morgan fingerprint density at radius 2 is 2.21 bits per heavy atom. The van der Waals surface area contributed by atoms with Gasteiger partial charge in [-0.1, -0.05) is 29.3 Å². The number of hydrazine groups is 1. The lowest BCUT2D eigenvalue weighted by Crippen LogP contribution is -2.30. The molecule has 0 aliphatic rings. The number of halogens is 2. The summed E-state index contributed by atoms with van der Waals surface area (Å²) in [4.78, 5) is 4.35. The van der Waals surface area contributed by atoms with Crippen molar-refractivity contribution in [2.75, 3.05) is 0 Å². The number of aromatic nitrogens is 2. The summed E-state index contributed by atoms with van der Waals surface area (Å²) in [5.74, 6) is 6.61. The molecule has 0 spiro atoms. The first-order valence-corrected chi connectivity index (χ1v) is 6.82. The molecule has 0 saturated heterocycles. The van der Waals surface area contributed by atoms with Crippen LogP contribution in [0.15, 0.2) is 30.6 Å². The first-order chi connectivity index (χ1) is 9.15.